The Morgan fingerprint density at radius 3 is 2.69 bits per heavy atom. The molecule has 0 bridgehead atoms. The van der Waals surface area contributed by atoms with E-state index in [1.165, 1.54) is 6.33 Å². The summed E-state index contributed by atoms with van der Waals surface area (Å²) in [4.78, 5) is 19.3. The highest BCUT2D eigenvalue weighted by molar-refractivity contribution is 5.73. The van der Waals surface area contributed by atoms with Gasteiger partial charge in [0, 0.05) is 30.8 Å². The quantitative estimate of drug-likeness (QED) is 0.790. The van der Waals surface area contributed by atoms with Crippen molar-refractivity contribution in [2.24, 2.45) is 0 Å². The van der Waals surface area contributed by atoms with Crippen molar-refractivity contribution in [1.82, 2.24) is 20.6 Å². The van der Waals surface area contributed by atoms with Gasteiger partial charge in [0.1, 0.15) is 6.33 Å². The zero-order valence-electron chi connectivity index (χ0n) is 10.2. The van der Waals surface area contributed by atoms with Crippen LogP contribution in [0.2, 0.25) is 0 Å². The number of urea groups is 1. The molecule has 1 aromatic rings. The SMILES string of the molecule is CNC(=O)NCc1cncnc1C(C)(C)C. The second-order valence-corrected chi connectivity index (χ2v) is 4.58. The van der Waals surface area contributed by atoms with E-state index < -0.39 is 0 Å². The molecule has 5 nitrogen and oxygen atoms in total. The van der Waals surface area contributed by atoms with Crippen LogP contribution in [-0.4, -0.2) is 23.0 Å². The highest BCUT2D eigenvalue weighted by Crippen LogP contribution is 2.22. The standard InChI is InChI=1S/C11H18N4O/c1-11(2,3)9-8(5-13-7-15-9)6-14-10(16)12-4/h5,7H,6H2,1-4H3,(H2,12,14,16). The predicted octanol–water partition coefficient (Wildman–Crippen LogP) is 1.20. The van der Waals surface area contributed by atoms with Gasteiger partial charge in [0.25, 0.3) is 0 Å². The number of nitrogens with one attached hydrogen (secondary N) is 2. The Kier molecular flexibility index (Phi) is 3.82. The topological polar surface area (TPSA) is 66.9 Å². The number of amides is 2. The Morgan fingerprint density at radius 2 is 2.12 bits per heavy atom. The average Bonchev–Trinajstić information content (AvgIpc) is 2.25. The number of hydrogen-bond acceptors (Lipinski definition) is 3. The van der Waals surface area contributed by atoms with Gasteiger partial charge in [0.05, 0.1) is 5.69 Å². The van der Waals surface area contributed by atoms with E-state index in [9.17, 15) is 4.79 Å². The van der Waals surface area contributed by atoms with E-state index in [1.54, 1.807) is 13.2 Å². The van der Waals surface area contributed by atoms with E-state index in [0.717, 1.165) is 11.3 Å². The number of aromatic nitrogens is 2. The van der Waals surface area contributed by atoms with Crippen LogP contribution in [0.4, 0.5) is 4.79 Å². The smallest absolute Gasteiger partial charge is 0.314 e. The summed E-state index contributed by atoms with van der Waals surface area (Å²) in [5, 5.41) is 5.23. The lowest BCUT2D eigenvalue weighted by Crippen LogP contribution is -2.33. The summed E-state index contributed by atoms with van der Waals surface area (Å²) in [6.07, 6.45) is 3.27. The van der Waals surface area contributed by atoms with E-state index in [2.05, 4.69) is 41.4 Å². The maximum Gasteiger partial charge on any atom is 0.314 e. The lowest BCUT2D eigenvalue weighted by Gasteiger charge is -2.20. The lowest BCUT2D eigenvalue weighted by atomic mass is 9.89. The van der Waals surface area contributed by atoms with Gasteiger partial charge in [-0.25, -0.2) is 14.8 Å². The van der Waals surface area contributed by atoms with Crippen LogP contribution in [0.1, 0.15) is 32.0 Å². The normalized spacial score (nSPS) is 11.0. The van der Waals surface area contributed by atoms with Crippen molar-refractivity contribution in [3.8, 4) is 0 Å². The maximum absolute atomic E-state index is 11.1. The lowest BCUT2D eigenvalue weighted by molar-refractivity contribution is 0.242. The van der Waals surface area contributed by atoms with Crippen LogP contribution in [0, 0.1) is 0 Å². The van der Waals surface area contributed by atoms with Crippen LogP contribution in [0.25, 0.3) is 0 Å². The molecule has 0 saturated carbocycles. The van der Waals surface area contributed by atoms with Crippen LogP contribution < -0.4 is 10.6 Å². The predicted molar refractivity (Wildman–Crippen MR) is 62.0 cm³/mol. The molecule has 0 saturated heterocycles. The van der Waals surface area contributed by atoms with Crippen molar-refractivity contribution in [1.29, 1.82) is 0 Å². The van der Waals surface area contributed by atoms with Crippen molar-refractivity contribution in [3.63, 3.8) is 0 Å². The van der Waals surface area contributed by atoms with Crippen molar-refractivity contribution in [2.45, 2.75) is 32.7 Å². The third kappa shape index (κ3) is 3.18. The van der Waals surface area contributed by atoms with Crippen LogP contribution >= 0.6 is 0 Å². The van der Waals surface area contributed by atoms with E-state index in [1.807, 2.05) is 0 Å². The molecule has 0 fully saturated rings. The van der Waals surface area contributed by atoms with Crippen molar-refractivity contribution < 1.29 is 4.79 Å². The van der Waals surface area contributed by atoms with Crippen molar-refractivity contribution >= 4 is 6.03 Å². The summed E-state index contributed by atoms with van der Waals surface area (Å²) in [6, 6.07) is -0.205. The summed E-state index contributed by atoms with van der Waals surface area (Å²) in [7, 11) is 1.58. The average molecular weight is 222 g/mol. The number of nitrogens with zero attached hydrogens (tertiary/aromatic N) is 2. The first kappa shape index (κ1) is 12.4. The zero-order chi connectivity index (χ0) is 12.2. The molecule has 0 unspecified atom stereocenters. The molecule has 0 aliphatic rings. The fourth-order valence-corrected chi connectivity index (χ4v) is 1.43. The molecule has 0 aliphatic carbocycles. The second kappa shape index (κ2) is 4.92. The summed E-state index contributed by atoms with van der Waals surface area (Å²) in [5.41, 5.74) is 1.85. The minimum Gasteiger partial charge on any atom is -0.341 e. The highest BCUT2D eigenvalue weighted by atomic mass is 16.2. The Labute approximate surface area is 95.7 Å². The minimum absolute atomic E-state index is 0.0529. The van der Waals surface area contributed by atoms with E-state index >= 15 is 0 Å². The third-order valence-corrected chi connectivity index (χ3v) is 2.16. The molecule has 88 valence electrons. The van der Waals surface area contributed by atoms with Crippen LogP contribution in [0.15, 0.2) is 12.5 Å². The number of carbonyl (C=O) groups excluding carboxylic acids is 1. The summed E-state index contributed by atoms with van der Waals surface area (Å²) < 4.78 is 0. The fraction of sp³-hybridized carbons (Fsp3) is 0.545. The van der Waals surface area contributed by atoms with Gasteiger partial charge in [0.2, 0.25) is 0 Å². The number of hydrogen-bond donors (Lipinski definition) is 2. The number of rotatable bonds is 2. The zero-order valence-corrected chi connectivity index (χ0v) is 10.2. The van der Waals surface area contributed by atoms with E-state index in [0.29, 0.717) is 6.54 Å². The van der Waals surface area contributed by atoms with E-state index in [-0.39, 0.29) is 11.4 Å². The van der Waals surface area contributed by atoms with Gasteiger partial charge in [-0.3, -0.25) is 0 Å². The van der Waals surface area contributed by atoms with Gasteiger partial charge in [-0.15, -0.1) is 0 Å². The minimum atomic E-state index is -0.205. The van der Waals surface area contributed by atoms with Gasteiger partial charge in [0.15, 0.2) is 0 Å². The third-order valence-electron chi connectivity index (χ3n) is 2.16. The molecule has 0 aromatic carbocycles. The molecule has 2 amide bonds. The molecule has 5 heteroatoms. The molecule has 0 radical (unpaired) electrons. The van der Waals surface area contributed by atoms with Crippen LogP contribution in [0.3, 0.4) is 0 Å². The van der Waals surface area contributed by atoms with E-state index in [4.69, 9.17) is 0 Å². The first-order valence-electron chi connectivity index (χ1n) is 5.20. The fourth-order valence-electron chi connectivity index (χ4n) is 1.43. The highest BCUT2D eigenvalue weighted by Gasteiger charge is 2.19. The Bertz CT molecular complexity index is 370. The molecular weight excluding hydrogens is 204 g/mol. The monoisotopic (exact) mass is 222 g/mol. The Morgan fingerprint density at radius 1 is 1.44 bits per heavy atom. The first-order chi connectivity index (χ1) is 7.45. The van der Waals surface area contributed by atoms with Crippen molar-refractivity contribution in [2.75, 3.05) is 7.05 Å². The molecule has 1 rings (SSSR count). The van der Waals surface area contributed by atoms with Gasteiger partial charge in [-0.1, -0.05) is 20.8 Å². The molecule has 2 N–H and O–H groups in total. The van der Waals surface area contributed by atoms with Crippen LogP contribution in [-0.2, 0) is 12.0 Å². The maximum atomic E-state index is 11.1. The summed E-state index contributed by atoms with van der Waals surface area (Å²) in [6.45, 7) is 6.68. The molecule has 1 heterocycles. The van der Waals surface area contributed by atoms with Gasteiger partial charge in [-0.05, 0) is 0 Å². The Hall–Kier alpha value is -1.65. The second-order valence-electron chi connectivity index (χ2n) is 4.58. The first-order valence-corrected chi connectivity index (χ1v) is 5.20. The molecule has 1 aromatic heterocycles. The molecule has 0 spiro atoms. The van der Waals surface area contributed by atoms with Gasteiger partial charge < -0.3 is 10.6 Å². The molecular formula is C11H18N4O. The molecule has 16 heavy (non-hydrogen) atoms. The van der Waals surface area contributed by atoms with Gasteiger partial charge >= 0.3 is 6.03 Å². The molecule has 0 atom stereocenters. The largest absolute Gasteiger partial charge is 0.341 e. The number of carbonyl (C=O) groups is 1. The summed E-state index contributed by atoms with van der Waals surface area (Å²) in [5.74, 6) is 0. The van der Waals surface area contributed by atoms with Gasteiger partial charge in [-0.2, -0.15) is 0 Å². The summed E-state index contributed by atoms with van der Waals surface area (Å²) >= 11 is 0. The van der Waals surface area contributed by atoms with Crippen molar-refractivity contribution in [3.05, 3.63) is 23.8 Å². The molecule has 0 aliphatic heterocycles. The van der Waals surface area contributed by atoms with Crippen LogP contribution in [0.5, 0.6) is 0 Å². The Balaban J connectivity index is 2.84.